The van der Waals surface area contributed by atoms with Crippen LogP contribution in [-0.2, 0) is 4.79 Å². The van der Waals surface area contributed by atoms with Crippen molar-refractivity contribution in [2.75, 3.05) is 14.1 Å². The molecular weight excluding hydrogens is 372 g/mol. The lowest BCUT2D eigenvalue weighted by molar-refractivity contribution is -0.122. The summed E-state index contributed by atoms with van der Waals surface area (Å²) in [6.07, 6.45) is 4.51. The molecule has 2 N–H and O–H groups in total. The van der Waals surface area contributed by atoms with Crippen LogP contribution in [0.5, 0.6) is 0 Å². The third-order valence-corrected chi connectivity index (χ3v) is 5.45. The quantitative estimate of drug-likeness (QED) is 0.834. The van der Waals surface area contributed by atoms with Gasteiger partial charge in [-0.1, -0.05) is 37.2 Å². The molecule has 0 radical (unpaired) electrons. The summed E-state index contributed by atoms with van der Waals surface area (Å²) in [7, 11) is 3.55. The largest absolute Gasteiger partial charge is 0.402 e. The fourth-order valence-electron chi connectivity index (χ4n) is 3.60. The summed E-state index contributed by atoms with van der Waals surface area (Å²) >= 11 is 6.09. The molecule has 1 aromatic rings. The van der Waals surface area contributed by atoms with Gasteiger partial charge in [-0.15, -0.1) is 0 Å². The Kier molecular flexibility index (Phi) is 5.47. The molecule has 2 aliphatic heterocycles. The van der Waals surface area contributed by atoms with E-state index in [9.17, 15) is 4.79 Å². The van der Waals surface area contributed by atoms with Gasteiger partial charge in [-0.05, 0) is 42.7 Å². The zero-order chi connectivity index (χ0) is 20.6. The van der Waals surface area contributed by atoms with Gasteiger partial charge in [-0.2, -0.15) is 0 Å². The number of rotatable bonds is 3. The summed E-state index contributed by atoms with van der Waals surface area (Å²) in [6, 6.07) is 7.14. The van der Waals surface area contributed by atoms with Gasteiger partial charge in [0.15, 0.2) is 0 Å². The topological polar surface area (TPSA) is 61.9 Å². The third kappa shape index (κ3) is 3.27. The monoisotopic (exact) mass is 396 g/mol. The lowest BCUT2D eigenvalue weighted by Gasteiger charge is -2.32. The Labute approximate surface area is 171 Å². The number of likely N-dealkylation sites (N-methyl/N-ethyl adjacent to an activating group) is 1. The van der Waals surface area contributed by atoms with E-state index in [0.717, 1.165) is 28.1 Å². The lowest BCUT2D eigenvalue weighted by Crippen LogP contribution is -2.31. The van der Waals surface area contributed by atoms with Gasteiger partial charge in [0.05, 0.1) is 11.7 Å². The molecule has 2 aliphatic rings. The molecule has 0 spiro atoms. The second-order valence-electron chi connectivity index (χ2n) is 6.93. The number of carbonyl (C=O) groups excluding carboxylic acids is 1. The molecule has 5 nitrogen and oxygen atoms in total. The predicted molar refractivity (Wildman–Crippen MR) is 115 cm³/mol. The molecule has 1 aromatic carbocycles. The zero-order valence-corrected chi connectivity index (χ0v) is 17.4. The van der Waals surface area contributed by atoms with E-state index >= 15 is 0 Å². The van der Waals surface area contributed by atoms with Gasteiger partial charge >= 0.3 is 0 Å². The van der Waals surface area contributed by atoms with Crippen LogP contribution in [0.2, 0.25) is 5.02 Å². The van der Waals surface area contributed by atoms with Crippen LogP contribution in [0.15, 0.2) is 76.4 Å². The van der Waals surface area contributed by atoms with Gasteiger partial charge in [0, 0.05) is 42.3 Å². The third-order valence-electron chi connectivity index (χ3n) is 5.19. The summed E-state index contributed by atoms with van der Waals surface area (Å²) in [5.74, 6) is -0.162. The molecule has 0 bridgehead atoms. The maximum Gasteiger partial charge on any atom is 0.277 e. The van der Waals surface area contributed by atoms with Crippen molar-refractivity contribution < 1.29 is 4.79 Å². The van der Waals surface area contributed by atoms with Gasteiger partial charge in [0.25, 0.3) is 5.91 Å². The molecule has 1 fully saturated rings. The molecule has 0 aromatic heterocycles. The van der Waals surface area contributed by atoms with E-state index in [1.54, 1.807) is 11.9 Å². The van der Waals surface area contributed by atoms with Crippen LogP contribution >= 0.6 is 11.6 Å². The highest BCUT2D eigenvalue weighted by atomic mass is 35.5. The number of carbonyl (C=O) groups is 1. The summed E-state index contributed by atoms with van der Waals surface area (Å²) < 4.78 is 0. The minimum Gasteiger partial charge on any atom is -0.402 e. The highest BCUT2D eigenvalue weighted by molar-refractivity contribution is 6.48. The first-order valence-electron chi connectivity index (χ1n) is 9.17. The minimum atomic E-state index is -0.363. The average Bonchev–Trinajstić information content (AvgIpc) is 2.97. The van der Waals surface area contributed by atoms with Crippen molar-refractivity contribution in [3.8, 4) is 0 Å². The highest BCUT2D eigenvalue weighted by Crippen LogP contribution is 2.42. The Morgan fingerprint density at radius 1 is 1.32 bits per heavy atom. The van der Waals surface area contributed by atoms with Crippen molar-refractivity contribution in [2.45, 2.75) is 26.3 Å². The van der Waals surface area contributed by atoms with Gasteiger partial charge < -0.3 is 10.6 Å². The Bertz CT molecular complexity index is 953. The summed E-state index contributed by atoms with van der Waals surface area (Å²) in [5.41, 5.74) is 11.8. The molecule has 0 saturated carbocycles. The van der Waals surface area contributed by atoms with Crippen LogP contribution < -0.4 is 5.73 Å². The van der Waals surface area contributed by atoms with Crippen molar-refractivity contribution in [3.05, 3.63) is 81.9 Å². The Balaban J connectivity index is 2.24. The van der Waals surface area contributed by atoms with E-state index < -0.39 is 0 Å². The number of nitrogens with zero attached hydrogens (tertiary/aromatic N) is 3. The Hall–Kier alpha value is -2.79. The molecule has 2 heterocycles. The fraction of sp³-hybridized carbons (Fsp3) is 0.273. The first-order valence-corrected chi connectivity index (χ1v) is 9.54. The van der Waals surface area contributed by atoms with Crippen LogP contribution in [0, 0.1) is 0 Å². The van der Waals surface area contributed by atoms with E-state index in [0.29, 0.717) is 22.9 Å². The van der Waals surface area contributed by atoms with Gasteiger partial charge in [-0.25, -0.2) is 0 Å². The number of nitrogens with two attached hydrogens (primary N) is 1. The number of hydrogen-bond acceptors (Lipinski definition) is 4. The summed E-state index contributed by atoms with van der Waals surface area (Å²) in [5, 5.41) is 0.640. The van der Waals surface area contributed by atoms with Crippen LogP contribution in [0.4, 0.5) is 0 Å². The first kappa shape index (κ1) is 20.0. The molecule has 28 heavy (non-hydrogen) atoms. The fourth-order valence-corrected chi connectivity index (χ4v) is 3.72. The molecule has 1 saturated heterocycles. The average molecular weight is 397 g/mol. The predicted octanol–water partition coefficient (Wildman–Crippen LogP) is 4.16. The van der Waals surface area contributed by atoms with Gasteiger partial charge in [0.2, 0.25) is 0 Å². The normalized spacial score (nSPS) is 23.3. The summed E-state index contributed by atoms with van der Waals surface area (Å²) in [4.78, 5) is 21.4. The van der Waals surface area contributed by atoms with Gasteiger partial charge in [0.1, 0.15) is 5.71 Å². The maximum atomic E-state index is 13.4. The number of aliphatic imine (C=N–C) groups is 1. The van der Waals surface area contributed by atoms with Crippen molar-refractivity contribution in [1.29, 1.82) is 0 Å². The molecule has 6 heteroatoms. The van der Waals surface area contributed by atoms with E-state index in [4.69, 9.17) is 17.3 Å². The van der Waals surface area contributed by atoms with Crippen molar-refractivity contribution >= 4 is 23.2 Å². The zero-order valence-electron chi connectivity index (χ0n) is 16.7. The molecule has 0 aliphatic carbocycles. The first-order chi connectivity index (χ1) is 13.3. The lowest BCUT2D eigenvalue weighted by atomic mass is 9.95. The second-order valence-corrected chi connectivity index (χ2v) is 7.37. The molecule has 146 valence electrons. The van der Waals surface area contributed by atoms with E-state index in [1.165, 1.54) is 0 Å². The van der Waals surface area contributed by atoms with E-state index in [2.05, 4.69) is 11.6 Å². The number of halogens is 1. The smallest absolute Gasteiger partial charge is 0.277 e. The van der Waals surface area contributed by atoms with Crippen LogP contribution in [0.25, 0.3) is 0 Å². The molecule has 1 unspecified atom stereocenters. The Morgan fingerprint density at radius 2 is 1.96 bits per heavy atom. The van der Waals surface area contributed by atoms with Crippen LogP contribution in [0.1, 0.15) is 31.9 Å². The minimum absolute atomic E-state index is 0.162. The van der Waals surface area contributed by atoms with Crippen molar-refractivity contribution in [1.82, 2.24) is 9.80 Å². The molecular formula is C22H25ClN4O. The van der Waals surface area contributed by atoms with Crippen molar-refractivity contribution in [2.24, 2.45) is 10.7 Å². The van der Waals surface area contributed by atoms with Crippen LogP contribution in [-0.4, -0.2) is 35.5 Å². The molecule has 1 atom stereocenters. The second kappa shape index (κ2) is 7.68. The van der Waals surface area contributed by atoms with Gasteiger partial charge in [-0.3, -0.25) is 14.7 Å². The SMILES string of the molecule is C=C1C(C)=CC(N2C(=O)C(=NC)C(=C(N)CC)C2c2ccc(Cl)cc2)=CN1C. The number of likely N-dealkylation sites (tertiary alicyclic amines) is 1. The standard InChI is InChI=1S/C22H25ClN4O/c1-6-18(24)19-20(25-4)22(28)27(17-11-13(2)14(3)26(5)12-17)21(19)15-7-9-16(23)10-8-15/h7-12,21H,3,6,24H2,1-2,4-5H3. The number of allylic oxidation sites excluding steroid dienone is 3. The summed E-state index contributed by atoms with van der Waals surface area (Å²) in [6.45, 7) is 8.03. The maximum absolute atomic E-state index is 13.4. The van der Waals surface area contributed by atoms with E-state index in [1.807, 2.05) is 62.3 Å². The highest BCUT2D eigenvalue weighted by Gasteiger charge is 2.44. The number of hydrogen-bond donors (Lipinski definition) is 1. The van der Waals surface area contributed by atoms with Crippen LogP contribution in [0.3, 0.4) is 0 Å². The Morgan fingerprint density at radius 3 is 2.50 bits per heavy atom. The van der Waals surface area contributed by atoms with Crippen molar-refractivity contribution in [3.63, 3.8) is 0 Å². The van der Waals surface area contributed by atoms with E-state index in [-0.39, 0.29) is 11.9 Å². The number of benzene rings is 1. The molecule has 3 rings (SSSR count). The number of amides is 1. The molecule has 1 amide bonds.